The van der Waals surface area contributed by atoms with Crippen molar-refractivity contribution in [3.63, 3.8) is 0 Å². The van der Waals surface area contributed by atoms with Crippen LogP contribution in [0.5, 0.6) is 0 Å². The molecule has 0 heterocycles. The lowest BCUT2D eigenvalue weighted by atomic mass is 10.2. The highest BCUT2D eigenvalue weighted by molar-refractivity contribution is 7.89. The minimum atomic E-state index is -3.68. The average molecular weight is 255 g/mol. The van der Waals surface area contributed by atoms with E-state index in [2.05, 4.69) is 12.2 Å². The van der Waals surface area contributed by atoms with Crippen LogP contribution in [0.1, 0.15) is 19.8 Å². The molecule has 1 fully saturated rings. The molecule has 1 aromatic carbocycles. The van der Waals surface area contributed by atoms with Gasteiger partial charge in [-0.3, -0.25) is 0 Å². The second kappa shape index (κ2) is 4.19. The minimum Gasteiger partial charge on any atom is -0.397 e. The van der Waals surface area contributed by atoms with E-state index in [4.69, 9.17) is 10.9 Å². The van der Waals surface area contributed by atoms with Crippen LogP contribution in [0, 0.1) is 5.92 Å². The molecular weight excluding hydrogens is 238 g/mol. The zero-order valence-electron chi connectivity index (χ0n) is 9.68. The summed E-state index contributed by atoms with van der Waals surface area (Å²) < 4.78 is 22.3. The first kappa shape index (κ1) is 12.2. The molecule has 0 bridgehead atoms. The summed E-state index contributed by atoms with van der Waals surface area (Å²) in [6.07, 6.45) is 2.29. The average Bonchev–Trinajstić information content (AvgIpc) is 2.98. The van der Waals surface area contributed by atoms with Crippen LogP contribution in [0.3, 0.4) is 0 Å². The van der Waals surface area contributed by atoms with Gasteiger partial charge in [-0.05, 0) is 30.5 Å². The summed E-state index contributed by atoms with van der Waals surface area (Å²) in [4.78, 5) is 0.0448. The Balaban J connectivity index is 2.15. The normalized spacial score (nSPS) is 23.4. The van der Waals surface area contributed by atoms with Crippen LogP contribution in [0.4, 0.5) is 11.4 Å². The van der Waals surface area contributed by atoms with Crippen LogP contribution in [0.25, 0.3) is 0 Å². The first-order valence-electron chi connectivity index (χ1n) is 5.60. The number of primary sulfonamides is 1. The lowest BCUT2D eigenvalue weighted by Gasteiger charge is -2.10. The van der Waals surface area contributed by atoms with E-state index in [9.17, 15) is 8.42 Å². The minimum absolute atomic E-state index is 0.0448. The zero-order chi connectivity index (χ0) is 12.6. The second-order valence-electron chi connectivity index (χ2n) is 4.45. The largest absolute Gasteiger partial charge is 0.397 e. The summed E-state index contributed by atoms with van der Waals surface area (Å²) in [6, 6.07) is 4.99. The molecule has 2 unspecified atom stereocenters. The molecule has 0 saturated heterocycles. The fraction of sp³-hybridized carbons (Fsp3) is 0.455. The molecule has 5 N–H and O–H groups in total. The number of nitrogen functional groups attached to an aromatic ring is 1. The number of hydrogen-bond acceptors (Lipinski definition) is 4. The molecule has 2 rings (SSSR count). The molecule has 0 amide bonds. The molecule has 17 heavy (non-hydrogen) atoms. The van der Waals surface area contributed by atoms with E-state index < -0.39 is 10.0 Å². The Morgan fingerprint density at radius 3 is 2.65 bits per heavy atom. The van der Waals surface area contributed by atoms with Gasteiger partial charge in [-0.25, -0.2) is 13.6 Å². The van der Waals surface area contributed by atoms with Crippen LogP contribution < -0.4 is 16.2 Å². The summed E-state index contributed by atoms with van der Waals surface area (Å²) in [7, 11) is -3.68. The highest BCUT2D eigenvalue weighted by Gasteiger charge is 2.35. The Labute approximate surface area is 101 Å². The molecule has 5 nitrogen and oxygen atoms in total. The van der Waals surface area contributed by atoms with Crippen molar-refractivity contribution < 1.29 is 8.42 Å². The van der Waals surface area contributed by atoms with Gasteiger partial charge in [0.15, 0.2) is 0 Å². The molecule has 1 aromatic rings. The van der Waals surface area contributed by atoms with Crippen molar-refractivity contribution in [3.05, 3.63) is 18.2 Å². The molecule has 6 heteroatoms. The fourth-order valence-corrected chi connectivity index (χ4v) is 2.47. The van der Waals surface area contributed by atoms with Gasteiger partial charge in [-0.2, -0.15) is 0 Å². The van der Waals surface area contributed by atoms with Crippen molar-refractivity contribution >= 4 is 21.4 Å². The molecule has 0 spiro atoms. The van der Waals surface area contributed by atoms with Crippen LogP contribution in [-0.2, 0) is 10.0 Å². The summed E-state index contributed by atoms with van der Waals surface area (Å²) >= 11 is 0. The number of benzene rings is 1. The third-order valence-electron chi connectivity index (χ3n) is 3.14. The first-order chi connectivity index (χ1) is 7.91. The van der Waals surface area contributed by atoms with Crippen LogP contribution in [0.2, 0.25) is 0 Å². The maximum atomic E-state index is 11.1. The van der Waals surface area contributed by atoms with Gasteiger partial charge >= 0.3 is 0 Å². The van der Waals surface area contributed by atoms with E-state index in [0.717, 1.165) is 18.5 Å². The number of hydrogen-bond donors (Lipinski definition) is 3. The van der Waals surface area contributed by atoms with E-state index in [0.29, 0.717) is 17.6 Å². The summed E-state index contributed by atoms with van der Waals surface area (Å²) in [5.74, 6) is 0.701. The number of nitrogens with two attached hydrogens (primary N) is 2. The van der Waals surface area contributed by atoms with Gasteiger partial charge in [0, 0.05) is 6.04 Å². The number of sulfonamides is 1. The maximum Gasteiger partial charge on any atom is 0.238 e. The third-order valence-corrected chi connectivity index (χ3v) is 4.05. The molecule has 94 valence electrons. The van der Waals surface area contributed by atoms with Crippen molar-refractivity contribution in [2.24, 2.45) is 11.1 Å². The molecule has 0 aliphatic heterocycles. The Morgan fingerprint density at radius 1 is 1.47 bits per heavy atom. The van der Waals surface area contributed by atoms with E-state index in [1.54, 1.807) is 6.07 Å². The molecule has 1 aliphatic rings. The summed E-state index contributed by atoms with van der Waals surface area (Å²) in [5.41, 5.74) is 6.99. The topological polar surface area (TPSA) is 98.2 Å². The number of anilines is 2. The van der Waals surface area contributed by atoms with E-state index in [1.165, 1.54) is 12.1 Å². The number of nitrogens with one attached hydrogen (secondary N) is 1. The highest BCUT2D eigenvalue weighted by Crippen LogP contribution is 2.37. The molecule has 2 atom stereocenters. The first-order valence-corrected chi connectivity index (χ1v) is 7.15. The van der Waals surface area contributed by atoms with E-state index in [-0.39, 0.29) is 4.90 Å². The van der Waals surface area contributed by atoms with Gasteiger partial charge in [0.2, 0.25) is 10.0 Å². The smallest absolute Gasteiger partial charge is 0.238 e. The van der Waals surface area contributed by atoms with E-state index >= 15 is 0 Å². The van der Waals surface area contributed by atoms with Crippen molar-refractivity contribution in [1.82, 2.24) is 0 Å². The number of rotatable bonds is 4. The SMILES string of the molecule is CCC1CC1Nc1ccc(S(N)(=O)=O)cc1N. The van der Waals surface area contributed by atoms with Gasteiger partial charge in [0.1, 0.15) is 0 Å². The van der Waals surface area contributed by atoms with Gasteiger partial charge in [-0.15, -0.1) is 0 Å². The third kappa shape index (κ3) is 2.70. The van der Waals surface area contributed by atoms with Gasteiger partial charge < -0.3 is 11.1 Å². The maximum absolute atomic E-state index is 11.1. The predicted octanol–water partition coefficient (Wildman–Crippen LogP) is 1.13. The Morgan fingerprint density at radius 2 is 2.18 bits per heavy atom. The van der Waals surface area contributed by atoms with Gasteiger partial charge in [0.05, 0.1) is 16.3 Å². The second-order valence-corrected chi connectivity index (χ2v) is 6.01. The Hall–Kier alpha value is -1.27. The standard InChI is InChI=1S/C11H17N3O2S/c1-2-7-5-11(7)14-10-4-3-8(6-9(10)12)17(13,15)16/h3-4,6-7,11,14H,2,5,12H2,1H3,(H2,13,15,16). The zero-order valence-corrected chi connectivity index (χ0v) is 10.5. The predicted molar refractivity (Wildman–Crippen MR) is 68.0 cm³/mol. The Bertz CT molecular complexity index is 528. The lowest BCUT2D eigenvalue weighted by Crippen LogP contribution is -2.13. The van der Waals surface area contributed by atoms with Crippen molar-refractivity contribution in [2.45, 2.75) is 30.7 Å². The summed E-state index contributed by atoms with van der Waals surface area (Å²) in [5, 5.41) is 8.33. The summed E-state index contributed by atoms with van der Waals surface area (Å²) in [6.45, 7) is 2.15. The van der Waals surface area contributed by atoms with Gasteiger partial charge in [0.25, 0.3) is 0 Å². The van der Waals surface area contributed by atoms with Crippen LogP contribution in [-0.4, -0.2) is 14.5 Å². The monoisotopic (exact) mass is 255 g/mol. The quantitative estimate of drug-likeness (QED) is 0.702. The van der Waals surface area contributed by atoms with Crippen LogP contribution in [0.15, 0.2) is 23.1 Å². The molecule has 0 radical (unpaired) electrons. The fourth-order valence-electron chi connectivity index (χ4n) is 1.92. The van der Waals surface area contributed by atoms with E-state index in [1.807, 2.05) is 0 Å². The van der Waals surface area contributed by atoms with Crippen molar-refractivity contribution in [2.75, 3.05) is 11.1 Å². The van der Waals surface area contributed by atoms with Crippen LogP contribution >= 0.6 is 0 Å². The lowest BCUT2D eigenvalue weighted by molar-refractivity contribution is 0.598. The van der Waals surface area contributed by atoms with Gasteiger partial charge in [-0.1, -0.05) is 13.3 Å². The highest BCUT2D eigenvalue weighted by atomic mass is 32.2. The molecular formula is C11H17N3O2S. The Kier molecular flexibility index (Phi) is 3.01. The molecule has 0 aromatic heterocycles. The molecule has 1 aliphatic carbocycles. The molecule has 1 saturated carbocycles. The van der Waals surface area contributed by atoms with Crippen molar-refractivity contribution in [3.8, 4) is 0 Å². The van der Waals surface area contributed by atoms with Crippen molar-refractivity contribution in [1.29, 1.82) is 0 Å².